The fourth-order valence-electron chi connectivity index (χ4n) is 4.18. The molecule has 4 rings (SSSR count). The number of anilines is 1. The molecule has 2 aromatic carbocycles. The van der Waals surface area contributed by atoms with Gasteiger partial charge in [0.1, 0.15) is 17.1 Å². The van der Waals surface area contributed by atoms with Crippen molar-refractivity contribution in [2.75, 3.05) is 5.73 Å². The maximum absolute atomic E-state index is 12.4. The lowest BCUT2D eigenvalue weighted by Gasteiger charge is -2.11. The lowest BCUT2D eigenvalue weighted by molar-refractivity contribution is 0.0949. The van der Waals surface area contributed by atoms with Crippen LogP contribution in [0.25, 0.3) is 11.3 Å². The minimum Gasteiger partial charge on any atom is -0.383 e. The summed E-state index contributed by atoms with van der Waals surface area (Å²) < 4.78 is 1.69. The highest BCUT2D eigenvalue weighted by atomic mass is 35.5. The summed E-state index contributed by atoms with van der Waals surface area (Å²) in [5.74, 6) is -0.458. The molecule has 1 aliphatic rings. The van der Waals surface area contributed by atoms with E-state index in [4.69, 9.17) is 23.1 Å². The lowest BCUT2D eigenvalue weighted by Crippen LogP contribution is -2.23. The molecule has 1 aliphatic carbocycles. The van der Waals surface area contributed by atoms with Gasteiger partial charge in [-0.2, -0.15) is 5.10 Å². The fourth-order valence-corrected chi connectivity index (χ4v) is 4.51. The number of nitrogen functional groups attached to an aromatic ring is 1. The molecule has 1 saturated carbocycles. The number of amides is 2. The fraction of sp³-hybridized carbons (Fsp3) is 0.292. The lowest BCUT2D eigenvalue weighted by atomic mass is 10.0. The second-order valence-electron chi connectivity index (χ2n) is 8.18. The van der Waals surface area contributed by atoms with Crippen molar-refractivity contribution in [2.45, 2.75) is 44.1 Å². The number of benzene rings is 2. The predicted octanol–water partition coefficient (Wildman–Crippen LogP) is 3.80. The number of hydrogen-bond acceptors (Lipinski definition) is 4. The van der Waals surface area contributed by atoms with E-state index in [2.05, 4.69) is 10.4 Å². The number of nitrogens with one attached hydrogen (secondary N) is 1. The molecule has 8 heteroatoms. The number of aromatic nitrogens is 2. The van der Waals surface area contributed by atoms with Gasteiger partial charge in [0.05, 0.1) is 6.04 Å². The molecule has 0 saturated heterocycles. The maximum Gasteiger partial charge on any atom is 0.254 e. The summed E-state index contributed by atoms with van der Waals surface area (Å²) in [6.45, 7) is 2.29. The normalized spacial score (nSPS) is 17.9. The van der Waals surface area contributed by atoms with Gasteiger partial charge in [-0.3, -0.25) is 9.59 Å². The summed E-state index contributed by atoms with van der Waals surface area (Å²) >= 11 is 6.25. The monoisotopic (exact) mass is 451 g/mol. The molecular formula is C24H26ClN5O2. The summed E-state index contributed by atoms with van der Waals surface area (Å²) in [6.07, 6.45) is 2.50. The first-order valence-corrected chi connectivity index (χ1v) is 11.0. The molecule has 0 aliphatic heterocycles. The minimum atomic E-state index is -0.612. The number of primary amides is 1. The van der Waals surface area contributed by atoms with Gasteiger partial charge < -0.3 is 16.8 Å². The van der Waals surface area contributed by atoms with E-state index >= 15 is 0 Å². The Morgan fingerprint density at radius 1 is 1.16 bits per heavy atom. The first kappa shape index (κ1) is 21.9. The summed E-state index contributed by atoms with van der Waals surface area (Å²) in [6, 6.07) is 15.0. The molecule has 166 valence electrons. The molecule has 5 N–H and O–H groups in total. The average molecular weight is 452 g/mol. The van der Waals surface area contributed by atoms with Crippen LogP contribution in [0.4, 0.5) is 5.82 Å². The van der Waals surface area contributed by atoms with Crippen LogP contribution in [0.2, 0.25) is 0 Å². The molecule has 2 amide bonds. The predicted molar refractivity (Wildman–Crippen MR) is 125 cm³/mol. The zero-order chi connectivity index (χ0) is 22.8. The second kappa shape index (κ2) is 9.04. The van der Waals surface area contributed by atoms with Crippen LogP contribution in [-0.4, -0.2) is 27.0 Å². The van der Waals surface area contributed by atoms with Crippen LogP contribution in [0.15, 0.2) is 48.5 Å². The average Bonchev–Trinajstić information content (AvgIpc) is 3.35. The van der Waals surface area contributed by atoms with Gasteiger partial charge in [0.25, 0.3) is 11.8 Å². The summed E-state index contributed by atoms with van der Waals surface area (Å²) in [7, 11) is 0. The molecule has 0 bridgehead atoms. The number of carbonyl (C=O) groups is 2. The zero-order valence-electron chi connectivity index (χ0n) is 17.8. The topological polar surface area (TPSA) is 116 Å². The van der Waals surface area contributed by atoms with Crippen molar-refractivity contribution in [3.63, 3.8) is 0 Å². The molecule has 7 nitrogen and oxygen atoms in total. The van der Waals surface area contributed by atoms with Gasteiger partial charge in [0.2, 0.25) is 0 Å². The number of nitrogens with zero attached hydrogens (tertiary/aromatic N) is 2. The second-order valence-corrected chi connectivity index (χ2v) is 8.79. The Hall–Kier alpha value is -3.32. The van der Waals surface area contributed by atoms with Crippen LogP contribution in [-0.2, 0) is 6.54 Å². The van der Waals surface area contributed by atoms with Gasteiger partial charge in [0.15, 0.2) is 0 Å². The van der Waals surface area contributed by atoms with Crippen molar-refractivity contribution >= 4 is 29.2 Å². The van der Waals surface area contributed by atoms with Crippen molar-refractivity contribution in [3.8, 4) is 11.3 Å². The van der Waals surface area contributed by atoms with Crippen LogP contribution in [0, 0.1) is 6.92 Å². The Morgan fingerprint density at radius 3 is 2.50 bits per heavy atom. The SMILES string of the molecule is Cc1ccccc1C(=O)NCc1ccc(-c2nn([C@H]3CC[C@H](Cl)C3)c(N)c2C(N)=O)cc1. The molecule has 1 heterocycles. The summed E-state index contributed by atoms with van der Waals surface area (Å²) in [4.78, 5) is 24.6. The van der Waals surface area contributed by atoms with Crippen LogP contribution in [0.3, 0.4) is 0 Å². The number of hydrogen-bond donors (Lipinski definition) is 3. The van der Waals surface area contributed by atoms with E-state index < -0.39 is 5.91 Å². The third kappa shape index (κ3) is 4.34. The number of carbonyl (C=O) groups excluding carboxylic acids is 2. The van der Waals surface area contributed by atoms with Crippen LogP contribution in [0.1, 0.15) is 57.1 Å². The smallest absolute Gasteiger partial charge is 0.254 e. The Bertz CT molecular complexity index is 1160. The third-order valence-electron chi connectivity index (χ3n) is 5.95. The number of aryl methyl sites for hydroxylation is 1. The maximum atomic E-state index is 12.4. The Kier molecular flexibility index (Phi) is 6.19. The molecule has 32 heavy (non-hydrogen) atoms. The van der Waals surface area contributed by atoms with E-state index in [1.165, 1.54) is 0 Å². The van der Waals surface area contributed by atoms with E-state index in [1.807, 2.05) is 49.4 Å². The molecule has 2 atom stereocenters. The van der Waals surface area contributed by atoms with Crippen molar-refractivity contribution < 1.29 is 9.59 Å². The van der Waals surface area contributed by atoms with Crippen LogP contribution < -0.4 is 16.8 Å². The number of halogens is 1. The molecular weight excluding hydrogens is 426 g/mol. The molecule has 3 aromatic rings. The largest absolute Gasteiger partial charge is 0.383 e. The zero-order valence-corrected chi connectivity index (χ0v) is 18.6. The Balaban J connectivity index is 1.53. The van der Waals surface area contributed by atoms with Gasteiger partial charge in [-0.15, -0.1) is 11.6 Å². The van der Waals surface area contributed by atoms with Gasteiger partial charge in [-0.1, -0.05) is 42.5 Å². The standard InChI is InChI=1S/C24H26ClN5O2/c1-14-4-2-3-5-19(14)24(32)28-13-15-6-8-16(9-7-15)21-20(23(27)31)22(26)30(29-21)18-11-10-17(25)12-18/h2-9,17-18H,10-13,26H2,1H3,(H2,27,31)(H,28,32)/t17-,18-/m0/s1. The van der Waals surface area contributed by atoms with E-state index in [1.54, 1.807) is 10.7 Å². The highest BCUT2D eigenvalue weighted by Gasteiger charge is 2.30. The van der Waals surface area contributed by atoms with Crippen LogP contribution >= 0.6 is 11.6 Å². The Labute approximate surface area is 191 Å². The van der Waals surface area contributed by atoms with Crippen molar-refractivity contribution in [1.29, 1.82) is 0 Å². The molecule has 0 radical (unpaired) electrons. The van der Waals surface area contributed by atoms with E-state index in [9.17, 15) is 9.59 Å². The summed E-state index contributed by atoms with van der Waals surface area (Å²) in [5, 5.41) is 7.65. The number of alkyl halides is 1. The van der Waals surface area contributed by atoms with Crippen molar-refractivity contribution in [2.24, 2.45) is 5.73 Å². The van der Waals surface area contributed by atoms with Crippen LogP contribution in [0.5, 0.6) is 0 Å². The van der Waals surface area contributed by atoms with E-state index in [0.29, 0.717) is 17.8 Å². The molecule has 1 fully saturated rings. The van der Waals surface area contributed by atoms with Gasteiger partial charge >= 0.3 is 0 Å². The molecule has 0 spiro atoms. The van der Waals surface area contributed by atoms with E-state index in [0.717, 1.165) is 36.0 Å². The van der Waals surface area contributed by atoms with Gasteiger partial charge in [-0.25, -0.2) is 4.68 Å². The van der Waals surface area contributed by atoms with Crippen molar-refractivity contribution in [3.05, 3.63) is 70.8 Å². The van der Waals surface area contributed by atoms with Gasteiger partial charge in [0, 0.05) is 23.0 Å². The minimum absolute atomic E-state index is 0.0558. The summed E-state index contributed by atoms with van der Waals surface area (Å²) in [5.41, 5.74) is 15.8. The first-order chi connectivity index (χ1) is 15.3. The first-order valence-electron chi connectivity index (χ1n) is 10.6. The number of nitrogens with two attached hydrogens (primary N) is 2. The Morgan fingerprint density at radius 2 is 1.88 bits per heavy atom. The highest BCUT2D eigenvalue weighted by Crippen LogP contribution is 2.37. The molecule has 0 unspecified atom stereocenters. The third-order valence-corrected chi connectivity index (χ3v) is 6.35. The molecule has 1 aromatic heterocycles. The number of rotatable bonds is 6. The van der Waals surface area contributed by atoms with E-state index in [-0.39, 0.29) is 28.7 Å². The van der Waals surface area contributed by atoms with Gasteiger partial charge in [-0.05, 0) is 43.4 Å². The quantitative estimate of drug-likeness (QED) is 0.494. The van der Waals surface area contributed by atoms with Crippen molar-refractivity contribution in [1.82, 2.24) is 15.1 Å². The highest BCUT2D eigenvalue weighted by molar-refractivity contribution is 6.20.